The van der Waals surface area contributed by atoms with E-state index in [-0.39, 0.29) is 12.1 Å². The highest BCUT2D eigenvalue weighted by Gasteiger charge is 2.31. The minimum atomic E-state index is 0.197. The molecule has 3 unspecified atom stereocenters. The van der Waals surface area contributed by atoms with Crippen LogP contribution in [0.2, 0.25) is 0 Å². The molecule has 106 valence electrons. The van der Waals surface area contributed by atoms with Crippen molar-refractivity contribution >= 4 is 0 Å². The quantitative estimate of drug-likeness (QED) is 0.633. The maximum atomic E-state index is 5.81. The van der Waals surface area contributed by atoms with Crippen LogP contribution in [0.5, 0.6) is 0 Å². The van der Waals surface area contributed by atoms with Gasteiger partial charge in [0.05, 0.1) is 12.1 Å². The van der Waals surface area contributed by atoms with Gasteiger partial charge in [0.25, 0.3) is 0 Å². The van der Waals surface area contributed by atoms with E-state index in [0.29, 0.717) is 11.8 Å². The van der Waals surface area contributed by atoms with E-state index in [1.807, 2.05) is 0 Å². The van der Waals surface area contributed by atoms with Gasteiger partial charge in [0, 0.05) is 6.61 Å². The molecule has 2 rings (SSSR count). The van der Waals surface area contributed by atoms with Crippen LogP contribution in [0.3, 0.4) is 0 Å². The predicted molar refractivity (Wildman–Crippen MR) is 78.9 cm³/mol. The zero-order valence-electron chi connectivity index (χ0n) is 12.2. The van der Waals surface area contributed by atoms with E-state index in [2.05, 4.69) is 50.5 Å². The molecule has 0 amide bonds. The highest BCUT2D eigenvalue weighted by atomic mass is 16.5. The molecule has 0 aliphatic carbocycles. The maximum absolute atomic E-state index is 5.81. The third-order valence-corrected chi connectivity index (χ3v) is 4.16. The fourth-order valence-corrected chi connectivity index (χ4v) is 2.79. The fraction of sp³-hybridized carbons (Fsp3) is 0.625. The van der Waals surface area contributed by atoms with Crippen molar-refractivity contribution in [1.29, 1.82) is 0 Å². The second kappa shape index (κ2) is 6.51. The molecule has 1 aromatic rings. The van der Waals surface area contributed by atoms with E-state index in [0.717, 1.165) is 19.4 Å². The topological polar surface area (TPSA) is 47.3 Å². The van der Waals surface area contributed by atoms with Crippen LogP contribution in [0, 0.1) is 5.92 Å². The summed E-state index contributed by atoms with van der Waals surface area (Å²) in [7, 11) is 0. The normalized spacial score (nSPS) is 24.9. The Hall–Kier alpha value is -0.900. The first kappa shape index (κ1) is 14.5. The Morgan fingerprint density at radius 1 is 1.32 bits per heavy atom. The van der Waals surface area contributed by atoms with E-state index in [4.69, 9.17) is 10.6 Å². The van der Waals surface area contributed by atoms with Crippen molar-refractivity contribution in [2.24, 2.45) is 11.8 Å². The lowest BCUT2D eigenvalue weighted by molar-refractivity contribution is 0.0610. The van der Waals surface area contributed by atoms with Gasteiger partial charge in [-0.15, -0.1) is 0 Å². The number of ether oxygens (including phenoxy) is 1. The van der Waals surface area contributed by atoms with Gasteiger partial charge in [-0.05, 0) is 35.8 Å². The summed E-state index contributed by atoms with van der Waals surface area (Å²) in [5.41, 5.74) is 5.63. The fourth-order valence-electron chi connectivity index (χ4n) is 2.79. The van der Waals surface area contributed by atoms with Crippen LogP contribution >= 0.6 is 0 Å². The monoisotopic (exact) mass is 262 g/mol. The van der Waals surface area contributed by atoms with Gasteiger partial charge in [-0.1, -0.05) is 45.0 Å². The van der Waals surface area contributed by atoms with Crippen LogP contribution in [0.1, 0.15) is 44.2 Å². The van der Waals surface area contributed by atoms with Crippen molar-refractivity contribution in [2.45, 2.75) is 51.7 Å². The molecule has 1 heterocycles. The van der Waals surface area contributed by atoms with Gasteiger partial charge >= 0.3 is 0 Å². The van der Waals surface area contributed by atoms with Gasteiger partial charge in [-0.3, -0.25) is 11.3 Å². The first-order valence-corrected chi connectivity index (χ1v) is 7.28. The van der Waals surface area contributed by atoms with Gasteiger partial charge in [0.1, 0.15) is 0 Å². The average Bonchev–Trinajstić information content (AvgIpc) is 2.83. The van der Waals surface area contributed by atoms with E-state index >= 15 is 0 Å². The Balaban J connectivity index is 2.01. The van der Waals surface area contributed by atoms with Crippen molar-refractivity contribution in [3.63, 3.8) is 0 Å². The van der Waals surface area contributed by atoms with Gasteiger partial charge in [0.2, 0.25) is 0 Å². The van der Waals surface area contributed by atoms with Gasteiger partial charge in [-0.25, -0.2) is 0 Å². The molecule has 1 fully saturated rings. The smallest absolute Gasteiger partial charge is 0.0771 e. The summed E-state index contributed by atoms with van der Waals surface area (Å²) in [5, 5.41) is 0. The van der Waals surface area contributed by atoms with Crippen LogP contribution in [0.4, 0.5) is 0 Å². The molecular weight excluding hydrogens is 236 g/mol. The Kier molecular flexibility index (Phi) is 4.97. The highest BCUT2D eigenvalue weighted by Crippen LogP contribution is 2.25. The number of benzene rings is 1. The molecule has 0 radical (unpaired) electrons. The summed E-state index contributed by atoms with van der Waals surface area (Å²) >= 11 is 0. The van der Waals surface area contributed by atoms with E-state index in [1.54, 1.807) is 0 Å². The Labute approximate surface area is 116 Å². The van der Waals surface area contributed by atoms with Crippen LogP contribution in [0.25, 0.3) is 0 Å². The molecule has 3 nitrogen and oxygen atoms in total. The molecule has 0 saturated carbocycles. The molecule has 1 saturated heterocycles. The molecule has 0 spiro atoms. The van der Waals surface area contributed by atoms with Crippen molar-refractivity contribution in [2.75, 3.05) is 6.61 Å². The Morgan fingerprint density at radius 2 is 2.00 bits per heavy atom. The number of nitrogens with two attached hydrogens (primary N) is 1. The van der Waals surface area contributed by atoms with E-state index in [9.17, 15) is 0 Å². The van der Waals surface area contributed by atoms with E-state index in [1.165, 1.54) is 11.1 Å². The molecule has 3 heteroatoms. The summed E-state index contributed by atoms with van der Waals surface area (Å²) in [5.74, 6) is 6.87. The first-order valence-electron chi connectivity index (χ1n) is 7.28. The maximum Gasteiger partial charge on any atom is 0.0771 e. The second-order valence-corrected chi connectivity index (χ2v) is 5.97. The first-order chi connectivity index (χ1) is 9.11. The molecule has 0 aromatic heterocycles. The van der Waals surface area contributed by atoms with Crippen molar-refractivity contribution in [1.82, 2.24) is 5.43 Å². The summed E-state index contributed by atoms with van der Waals surface area (Å²) in [6, 6.07) is 9.04. The minimum Gasteiger partial charge on any atom is -0.376 e. The molecule has 1 aliphatic heterocycles. The molecule has 3 atom stereocenters. The van der Waals surface area contributed by atoms with Crippen LogP contribution < -0.4 is 11.3 Å². The lowest BCUT2D eigenvalue weighted by Gasteiger charge is -2.25. The summed E-state index contributed by atoms with van der Waals surface area (Å²) in [6.45, 7) is 7.53. The van der Waals surface area contributed by atoms with Crippen LogP contribution in [-0.4, -0.2) is 18.8 Å². The number of hydrogen-bond donors (Lipinski definition) is 2. The molecule has 0 bridgehead atoms. The lowest BCUT2D eigenvalue weighted by atomic mass is 9.92. The molecular formula is C16H26N2O. The standard InChI is InChI=1S/C16H26N2O/c1-11(2)14-6-4-13(5-7-14)10-15(18-17)16-12(3)8-9-19-16/h4-7,11-12,15-16,18H,8-10,17H2,1-3H3. The molecule has 1 aromatic carbocycles. The predicted octanol–water partition coefficient (Wildman–Crippen LogP) is 2.61. The summed E-state index contributed by atoms with van der Waals surface area (Å²) < 4.78 is 5.81. The Morgan fingerprint density at radius 3 is 2.47 bits per heavy atom. The van der Waals surface area contributed by atoms with E-state index < -0.39 is 0 Å². The SMILES string of the molecule is CC(C)c1ccc(CC(NN)C2OCCC2C)cc1. The Bertz CT molecular complexity index is 388. The molecule has 3 N–H and O–H groups in total. The van der Waals surface area contributed by atoms with Crippen LogP contribution in [-0.2, 0) is 11.2 Å². The van der Waals surface area contributed by atoms with Crippen molar-refractivity contribution in [3.8, 4) is 0 Å². The third-order valence-electron chi connectivity index (χ3n) is 4.16. The minimum absolute atomic E-state index is 0.197. The number of hydrogen-bond acceptors (Lipinski definition) is 3. The van der Waals surface area contributed by atoms with Crippen LogP contribution in [0.15, 0.2) is 24.3 Å². The largest absolute Gasteiger partial charge is 0.376 e. The number of rotatable bonds is 5. The van der Waals surface area contributed by atoms with Gasteiger partial charge in [0.15, 0.2) is 0 Å². The second-order valence-electron chi connectivity index (χ2n) is 5.97. The number of nitrogens with one attached hydrogen (secondary N) is 1. The van der Waals surface area contributed by atoms with Gasteiger partial charge in [-0.2, -0.15) is 0 Å². The average molecular weight is 262 g/mol. The lowest BCUT2D eigenvalue weighted by Crippen LogP contribution is -2.47. The zero-order valence-corrected chi connectivity index (χ0v) is 12.2. The van der Waals surface area contributed by atoms with Crippen molar-refractivity contribution in [3.05, 3.63) is 35.4 Å². The third kappa shape index (κ3) is 3.56. The number of hydrazine groups is 1. The summed E-state index contributed by atoms with van der Waals surface area (Å²) in [6.07, 6.45) is 2.29. The van der Waals surface area contributed by atoms with Gasteiger partial charge < -0.3 is 4.74 Å². The highest BCUT2D eigenvalue weighted by molar-refractivity contribution is 5.25. The summed E-state index contributed by atoms with van der Waals surface area (Å²) in [4.78, 5) is 0. The molecule has 1 aliphatic rings. The zero-order chi connectivity index (χ0) is 13.8. The molecule has 19 heavy (non-hydrogen) atoms. The van der Waals surface area contributed by atoms with Crippen molar-refractivity contribution < 1.29 is 4.74 Å².